The number of amides is 2. The van der Waals surface area contributed by atoms with Crippen molar-refractivity contribution in [2.75, 3.05) is 31.6 Å². The number of anilines is 1. The van der Waals surface area contributed by atoms with E-state index in [0.29, 0.717) is 30.4 Å². The number of piperazine rings is 1. The summed E-state index contributed by atoms with van der Waals surface area (Å²) in [4.78, 5) is 26.6. The van der Waals surface area contributed by atoms with Crippen LogP contribution in [0.25, 0.3) is 11.6 Å². The molecule has 1 aliphatic heterocycles. The molecule has 5 rings (SSSR count). The van der Waals surface area contributed by atoms with Crippen molar-refractivity contribution in [1.82, 2.24) is 20.2 Å². The zero-order chi connectivity index (χ0) is 26.1. The van der Waals surface area contributed by atoms with Crippen molar-refractivity contribution in [2.45, 2.75) is 39.3 Å². The van der Waals surface area contributed by atoms with Gasteiger partial charge in [-0.1, -0.05) is 47.5 Å². The summed E-state index contributed by atoms with van der Waals surface area (Å²) < 4.78 is 5.32. The molecule has 0 spiro atoms. The molecule has 37 heavy (non-hydrogen) atoms. The van der Waals surface area contributed by atoms with Gasteiger partial charge in [0.1, 0.15) is 17.9 Å². The number of aromatic nitrogens is 2. The third-order valence-corrected chi connectivity index (χ3v) is 7.56. The highest BCUT2D eigenvalue weighted by atomic mass is 35.5. The summed E-state index contributed by atoms with van der Waals surface area (Å²) in [6.45, 7) is 8.16. The van der Waals surface area contributed by atoms with E-state index in [1.165, 1.54) is 16.7 Å². The number of nitrogens with zero attached hydrogens (tertiary/aromatic N) is 4. The fraction of sp³-hybridized carbons (Fsp3) is 0.345. The second-order valence-electron chi connectivity index (χ2n) is 9.82. The Morgan fingerprint density at radius 2 is 1.95 bits per heavy atom. The lowest BCUT2D eigenvalue weighted by Crippen LogP contribution is -2.57. The highest BCUT2D eigenvalue weighted by Gasteiger charge is 2.31. The number of rotatable bonds is 5. The van der Waals surface area contributed by atoms with Gasteiger partial charge >= 0.3 is 6.03 Å². The van der Waals surface area contributed by atoms with Gasteiger partial charge in [0, 0.05) is 37.7 Å². The minimum absolute atomic E-state index is 0.0215. The van der Waals surface area contributed by atoms with Crippen molar-refractivity contribution in [3.05, 3.63) is 81.8 Å². The second kappa shape index (κ2) is 10.4. The largest absolute Gasteiger partial charge is 0.495 e. The molecule has 1 N–H and O–H groups in total. The Bertz CT molecular complexity index is 1340. The molecule has 2 amide bonds. The summed E-state index contributed by atoms with van der Waals surface area (Å²) in [5.74, 6) is 1.54. The molecular formula is C29H32ClN5O2. The zero-order valence-electron chi connectivity index (χ0n) is 21.7. The van der Waals surface area contributed by atoms with Crippen LogP contribution in [-0.2, 0) is 6.42 Å². The maximum absolute atomic E-state index is 13.2. The SMILES string of the molecule is COc1cc([C@H](C)NC(=O)N2CCN(c3ncnc4c3C=C(c3ccc(C)cc3)C4)C[C@H]2C)ccc1Cl. The van der Waals surface area contributed by atoms with E-state index in [-0.39, 0.29) is 18.1 Å². The number of aryl methyl sites for hydroxylation is 1. The molecule has 8 heteroatoms. The van der Waals surface area contributed by atoms with Gasteiger partial charge in [-0.2, -0.15) is 0 Å². The number of nitrogens with one attached hydrogen (secondary N) is 1. The number of hydrogen-bond acceptors (Lipinski definition) is 5. The molecule has 0 saturated carbocycles. The number of carbonyl (C=O) groups is 1. The number of methoxy groups -OCH3 is 1. The van der Waals surface area contributed by atoms with Crippen LogP contribution in [0.15, 0.2) is 48.8 Å². The van der Waals surface area contributed by atoms with E-state index in [4.69, 9.17) is 16.3 Å². The first kappa shape index (κ1) is 25.1. The first-order valence-electron chi connectivity index (χ1n) is 12.6. The van der Waals surface area contributed by atoms with Gasteiger partial charge in [0.05, 0.1) is 23.9 Å². The van der Waals surface area contributed by atoms with Gasteiger partial charge in [-0.25, -0.2) is 14.8 Å². The number of halogens is 1. The molecule has 1 saturated heterocycles. The van der Waals surface area contributed by atoms with Crippen molar-refractivity contribution >= 4 is 35.1 Å². The number of benzene rings is 2. The lowest BCUT2D eigenvalue weighted by molar-refractivity contribution is 0.168. The fourth-order valence-corrected chi connectivity index (χ4v) is 5.26. The minimum atomic E-state index is -0.181. The molecular weight excluding hydrogens is 486 g/mol. The molecule has 2 aliphatic rings. The highest BCUT2D eigenvalue weighted by Crippen LogP contribution is 2.35. The van der Waals surface area contributed by atoms with E-state index in [1.54, 1.807) is 19.5 Å². The number of fused-ring (bicyclic) bond motifs is 1. The average molecular weight is 518 g/mol. The number of allylic oxidation sites excluding steroid dienone is 1. The van der Waals surface area contributed by atoms with E-state index in [2.05, 4.69) is 64.4 Å². The van der Waals surface area contributed by atoms with E-state index in [0.717, 1.165) is 29.1 Å². The third-order valence-electron chi connectivity index (χ3n) is 7.25. The molecule has 2 atom stereocenters. The van der Waals surface area contributed by atoms with Crippen LogP contribution in [0.1, 0.15) is 47.8 Å². The van der Waals surface area contributed by atoms with Crippen LogP contribution >= 0.6 is 11.6 Å². The average Bonchev–Trinajstić information content (AvgIpc) is 3.33. The predicted molar refractivity (Wildman–Crippen MR) is 148 cm³/mol. The van der Waals surface area contributed by atoms with Gasteiger partial charge in [0.15, 0.2) is 0 Å². The van der Waals surface area contributed by atoms with Gasteiger partial charge in [-0.15, -0.1) is 0 Å². The van der Waals surface area contributed by atoms with Crippen LogP contribution in [0.4, 0.5) is 10.6 Å². The van der Waals surface area contributed by atoms with Crippen LogP contribution in [0.5, 0.6) is 5.75 Å². The Labute approximate surface area is 223 Å². The highest BCUT2D eigenvalue weighted by molar-refractivity contribution is 6.32. The Morgan fingerprint density at radius 1 is 1.16 bits per heavy atom. The van der Waals surface area contributed by atoms with Crippen molar-refractivity contribution in [2.24, 2.45) is 0 Å². The van der Waals surface area contributed by atoms with Crippen LogP contribution in [-0.4, -0.2) is 53.7 Å². The lowest BCUT2D eigenvalue weighted by atomic mass is 10.0. The van der Waals surface area contributed by atoms with Crippen LogP contribution < -0.4 is 15.0 Å². The van der Waals surface area contributed by atoms with Gasteiger partial charge in [0.25, 0.3) is 0 Å². The Morgan fingerprint density at radius 3 is 2.68 bits per heavy atom. The van der Waals surface area contributed by atoms with E-state index in [1.807, 2.05) is 24.0 Å². The Balaban J connectivity index is 1.27. The summed E-state index contributed by atoms with van der Waals surface area (Å²) in [6, 6.07) is 13.9. The molecule has 1 aliphatic carbocycles. The molecule has 1 fully saturated rings. The lowest BCUT2D eigenvalue weighted by Gasteiger charge is -2.41. The normalized spacial score (nSPS) is 17.8. The van der Waals surface area contributed by atoms with Crippen LogP contribution in [0, 0.1) is 6.92 Å². The molecule has 0 bridgehead atoms. The maximum atomic E-state index is 13.2. The Hall–Kier alpha value is -3.58. The monoisotopic (exact) mass is 517 g/mol. The van der Waals surface area contributed by atoms with E-state index >= 15 is 0 Å². The van der Waals surface area contributed by atoms with Crippen molar-refractivity contribution in [1.29, 1.82) is 0 Å². The van der Waals surface area contributed by atoms with E-state index in [9.17, 15) is 4.79 Å². The van der Waals surface area contributed by atoms with Crippen molar-refractivity contribution < 1.29 is 9.53 Å². The van der Waals surface area contributed by atoms with Crippen molar-refractivity contribution in [3.63, 3.8) is 0 Å². The molecule has 0 radical (unpaired) electrons. The van der Waals surface area contributed by atoms with Crippen LogP contribution in [0.3, 0.4) is 0 Å². The molecule has 192 valence electrons. The van der Waals surface area contributed by atoms with Gasteiger partial charge in [-0.05, 0) is 55.7 Å². The predicted octanol–water partition coefficient (Wildman–Crippen LogP) is 5.53. The maximum Gasteiger partial charge on any atom is 0.318 e. The molecule has 2 aromatic carbocycles. The first-order valence-corrected chi connectivity index (χ1v) is 13.0. The first-order chi connectivity index (χ1) is 17.8. The minimum Gasteiger partial charge on any atom is -0.495 e. The fourth-order valence-electron chi connectivity index (χ4n) is 5.07. The molecule has 0 unspecified atom stereocenters. The topological polar surface area (TPSA) is 70.6 Å². The third kappa shape index (κ3) is 5.14. The number of ether oxygens (including phenoxy) is 1. The summed E-state index contributed by atoms with van der Waals surface area (Å²) in [5, 5.41) is 3.67. The summed E-state index contributed by atoms with van der Waals surface area (Å²) in [6.07, 6.45) is 4.69. The second-order valence-corrected chi connectivity index (χ2v) is 10.2. The number of hydrogen-bond donors (Lipinski definition) is 1. The molecule has 7 nitrogen and oxygen atoms in total. The van der Waals surface area contributed by atoms with Crippen molar-refractivity contribution in [3.8, 4) is 5.75 Å². The van der Waals surface area contributed by atoms with Crippen LogP contribution in [0.2, 0.25) is 5.02 Å². The number of carbonyl (C=O) groups excluding carboxylic acids is 1. The Kier molecular flexibility index (Phi) is 7.07. The summed E-state index contributed by atoms with van der Waals surface area (Å²) >= 11 is 6.15. The number of urea groups is 1. The van der Waals surface area contributed by atoms with Gasteiger partial charge < -0.3 is 19.9 Å². The van der Waals surface area contributed by atoms with E-state index < -0.39 is 0 Å². The smallest absolute Gasteiger partial charge is 0.318 e. The van der Waals surface area contributed by atoms with Gasteiger partial charge in [0.2, 0.25) is 0 Å². The molecule has 2 heterocycles. The molecule has 3 aromatic rings. The van der Waals surface area contributed by atoms with Gasteiger partial charge in [-0.3, -0.25) is 0 Å². The summed E-state index contributed by atoms with van der Waals surface area (Å²) in [5.41, 5.74) is 6.81. The summed E-state index contributed by atoms with van der Waals surface area (Å²) in [7, 11) is 1.58. The zero-order valence-corrected chi connectivity index (χ0v) is 22.4. The quantitative estimate of drug-likeness (QED) is 0.482. The molecule has 1 aromatic heterocycles. The standard InChI is InChI=1S/C29H32ClN5O2/c1-18-5-7-21(8-6-18)23-13-24-26(14-23)31-17-32-28(24)34-11-12-35(19(2)16-34)29(36)33-20(3)22-9-10-25(30)27(15-22)37-4/h5-10,13,15,17,19-20H,11-12,14,16H2,1-4H3,(H,33,36)/t19-,20+/m1/s1.